The number of non-ortho nitro benzene ring substituents is 1. The van der Waals surface area contributed by atoms with Crippen molar-refractivity contribution in [3.05, 3.63) is 58.6 Å². The molecule has 0 radical (unpaired) electrons. The molecule has 4 nitrogen and oxygen atoms in total. The number of nitro groups is 1. The molecule has 0 fully saturated rings. The van der Waals surface area contributed by atoms with Gasteiger partial charge in [0.25, 0.3) is 5.69 Å². The van der Waals surface area contributed by atoms with Crippen molar-refractivity contribution in [2.45, 2.75) is 4.90 Å². The monoisotopic (exact) mass is 275 g/mol. The molecule has 0 aliphatic carbocycles. The zero-order chi connectivity index (χ0) is 13.7. The van der Waals surface area contributed by atoms with Gasteiger partial charge in [-0.1, -0.05) is 18.2 Å². The summed E-state index contributed by atoms with van der Waals surface area (Å²) < 4.78 is 0. The van der Waals surface area contributed by atoms with Crippen LogP contribution in [0.5, 0.6) is 0 Å². The van der Waals surface area contributed by atoms with Crippen molar-refractivity contribution in [1.29, 1.82) is 0 Å². The van der Waals surface area contributed by atoms with Gasteiger partial charge in [0, 0.05) is 22.8 Å². The maximum Gasteiger partial charge on any atom is 0.269 e. The van der Waals surface area contributed by atoms with Gasteiger partial charge in [-0.2, -0.15) is 0 Å². The molecule has 0 amide bonds. The molecule has 0 heterocycles. The van der Waals surface area contributed by atoms with Gasteiger partial charge >= 0.3 is 0 Å². The summed E-state index contributed by atoms with van der Waals surface area (Å²) in [5.41, 5.74) is 2.05. The predicted octanol–water partition coefficient (Wildman–Crippen LogP) is 3.35. The van der Waals surface area contributed by atoms with Gasteiger partial charge < -0.3 is 5.11 Å². The highest BCUT2D eigenvalue weighted by molar-refractivity contribution is 7.99. The van der Waals surface area contributed by atoms with Crippen LogP contribution in [0.4, 0.5) is 5.69 Å². The van der Waals surface area contributed by atoms with Crippen molar-refractivity contribution in [2.75, 3.05) is 12.4 Å². The standard InChI is InChI=1S/C14H13NO3S/c16-9-10-19-14-4-2-1-3-13(14)11-5-7-12(8-6-11)15(17)18/h1-8,16H,9-10H2. The van der Waals surface area contributed by atoms with Gasteiger partial charge in [0.05, 0.1) is 11.5 Å². The lowest BCUT2D eigenvalue weighted by Crippen LogP contribution is -1.89. The van der Waals surface area contributed by atoms with E-state index >= 15 is 0 Å². The topological polar surface area (TPSA) is 63.4 Å². The average Bonchev–Trinajstić information content (AvgIpc) is 2.45. The Bertz CT molecular complexity index is 569. The van der Waals surface area contributed by atoms with E-state index in [2.05, 4.69) is 0 Å². The first-order valence-corrected chi connectivity index (χ1v) is 6.78. The van der Waals surface area contributed by atoms with Gasteiger partial charge in [0.15, 0.2) is 0 Å². The fourth-order valence-electron chi connectivity index (χ4n) is 1.75. The lowest BCUT2D eigenvalue weighted by atomic mass is 10.1. The normalized spacial score (nSPS) is 10.4. The van der Waals surface area contributed by atoms with Gasteiger partial charge in [0.1, 0.15) is 0 Å². The van der Waals surface area contributed by atoms with Crippen molar-refractivity contribution in [2.24, 2.45) is 0 Å². The number of benzene rings is 2. The number of nitro benzene ring substituents is 1. The van der Waals surface area contributed by atoms with Crippen molar-refractivity contribution in [3.63, 3.8) is 0 Å². The molecule has 0 atom stereocenters. The van der Waals surface area contributed by atoms with Gasteiger partial charge in [0.2, 0.25) is 0 Å². The van der Waals surface area contributed by atoms with Gasteiger partial charge in [-0.25, -0.2) is 0 Å². The third kappa shape index (κ3) is 3.33. The molecule has 0 saturated carbocycles. The van der Waals surface area contributed by atoms with Crippen LogP contribution in [0.3, 0.4) is 0 Å². The van der Waals surface area contributed by atoms with Crippen LogP contribution >= 0.6 is 11.8 Å². The van der Waals surface area contributed by atoms with Crippen LogP contribution in [0, 0.1) is 10.1 Å². The molecule has 2 rings (SSSR count). The molecule has 2 aromatic rings. The number of aliphatic hydroxyl groups is 1. The van der Waals surface area contributed by atoms with Crippen LogP contribution < -0.4 is 0 Å². The summed E-state index contributed by atoms with van der Waals surface area (Å²) in [6, 6.07) is 14.3. The van der Waals surface area contributed by atoms with Gasteiger partial charge in [-0.05, 0) is 29.3 Å². The van der Waals surface area contributed by atoms with Crippen LogP contribution in [0.15, 0.2) is 53.4 Å². The Balaban J connectivity index is 2.32. The minimum Gasteiger partial charge on any atom is -0.396 e. The van der Waals surface area contributed by atoms with Crippen LogP contribution in [0.1, 0.15) is 0 Å². The first-order valence-electron chi connectivity index (χ1n) is 5.80. The molecule has 0 unspecified atom stereocenters. The smallest absolute Gasteiger partial charge is 0.269 e. The van der Waals surface area contributed by atoms with Crippen molar-refractivity contribution in [1.82, 2.24) is 0 Å². The Kier molecular flexibility index (Phi) is 4.54. The largest absolute Gasteiger partial charge is 0.396 e. The zero-order valence-corrected chi connectivity index (χ0v) is 11.0. The Labute approximate surface area is 115 Å². The summed E-state index contributed by atoms with van der Waals surface area (Å²) in [7, 11) is 0. The van der Waals surface area contributed by atoms with E-state index in [-0.39, 0.29) is 12.3 Å². The Hall–Kier alpha value is -1.85. The first-order chi connectivity index (χ1) is 9.22. The second-order valence-corrected chi connectivity index (χ2v) is 5.01. The van der Waals surface area contributed by atoms with E-state index in [4.69, 9.17) is 5.11 Å². The average molecular weight is 275 g/mol. The highest BCUT2D eigenvalue weighted by atomic mass is 32.2. The number of hydrogen-bond donors (Lipinski definition) is 1. The number of aliphatic hydroxyl groups excluding tert-OH is 1. The Morgan fingerprint density at radius 1 is 1.11 bits per heavy atom. The molecule has 0 bridgehead atoms. The molecule has 0 aliphatic heterocycles. The van der Waals surface area contributed by atoms with Crippen LogP contribution in [0.2, 0.25) is 0 Å². The van der Waals surface area contributed by atoms with Crippen molar-refractivity contribution >= 4 is 17.4 Å². The van der Waals surface area contributed by atoms with E-state index in [1.165, 1.54) is 12.1 Å². The maximum absolute atomic E-state index is 10.6. The minimum atomic E-state index is -0.407. The third-order valence-electron chi connectivity index (χ3n) is 2.63. The maximum atomic E-state index is 10.6. The molecule has 19 heavy (non-hydrogen) atoms. The number of hydrogen-bond acceptors (Lipinski definition) is 4. The first kappa shape index (κ1) is 13.6. The molecular formula is C14H13NO3S. The molecule has 0 aliphatic rings. The van der Waals surface area contributed by atoms with Gasteiger partial charge in [-0.15, -0.1) is 11.8 Å². The Morgan fingerprint density at radius 3 is 2.42 bits per heavy atom. The summed E-state index contributed by atoms with van der Waals surface area (Å²) in [4.78, 5) is 11.3. The minimum absolute atomic E-state index is 0.0873. The molecule has 2 aromatic carbocycles. The van der Waals surface area contributed by atoms with E-state index in [9.17, 15) is 10.1 Å². The number of thioether (sulfide) groups is 1. The predicted molar refractivity (Wildman–Crippen MR) is 76.3 cm³/mol. The SMILES string of the molecule is O=[N+]([O-])c1ccc(-c2ccccc2SCCO)cc1. The summed E-state index contributed by atoms with van der Waals surface area (Å²) in [6.45, 7) is 0.124. The number of nitrogens with zero attached hydrogens (tertiary/aromatic N) is 1. The van der Waals surface area contributed by atoms with Crippen molar-refractivity contribution in [3.8, 4) is 11.1 Å². The van der Waals surface area contributed by atoms with E-state index in [0.717, 1.165) is 16.0 Å². The van der Waals surface area contributed by atoms with E-state index in [1.807, 2.05) is 24.3 Å². The summed E-state index contributed by atoms with van der Waals surface area (Å²) >= 11 is 1.57. The molecule has 98 valence electrons. The highest BCUT2D eigenvalue weighted by Gasteiger charge is 2.08. The van der Waals surface area contributed by atoms with Gasteiger partial charge in [-0.3, -0.25) is 10.1 Å². The number of rotatable bonds is 5. The highest BCUT2D eigenvalue weighted by Crippen LogP contribution is 2.31. The van der Waals surface area contributed by atoms with E-state index < -0.39 is 4.92 Å². The molecule has 0 saturated heterocycles. The third-order valence-corrected chi connectivity index (χ3v) is 3.68. The lowest BCUT2D eigenvalue weighted by Gasteiger charge is -2.08. The Morgan fingerprint density at radius 2 is 1.79 bits per heavy atom. The van der Waals surface area contributed by atoms with Crippen molar-refractivity contribution < 1.29 is 10.0 Å². The summed E-state index contributed by atoms with van der Waals surface area (Å²) in [6.07, 6.45) is 0. The molecule has 5 heteroatoms. The zero-order valence-electron chi connectivity index (χ0n) is 10.2. The van der Waals surface area contributed by atoms with E-state index in [1.54, 1.807) is 23.9 Å². The molecule has 1 N–H and O–H groups in total. The summed E-state index contributed by atoms with van der Waals surface area (Å²) in [5.74, 6) is 0.629. The fraction of sp³-hybridized carbons (Fsp3) is 0.143. The molecule has 0 spiro atoms. The second kappa shape index (κ2) is 6.36. The summed E-state index contributed by atoms with van der Waals surface area (Å²) in [5, 5.41) is 19.5. The molecule has 0 aromatic heterocycles. The molecular weight excluding hydrogens is 262 g/mol. The quantitative estimate of drug-likeness (QED) is 0.516. The van der Waals surface area contributed by atoms with Crippen LogP contribution in [-0.4, -0.2) is 22.4 Å². The van der Waals surface area contributed by atoms with E-state index in [0.29, 0.717) is 5.75 Å². The second-order valence-electron chi connectivity index (χ2n) is 3.87. The fourth-order valence-corrected chi connectivity index (χ4v) is 2.58. The lowest BCUT2D eigenvalue weighted by molar-refractivity contribution is -0.384. The van der Waals surface area contributed by atoms with Crippen LogP contribution in [0.25, 0.3) is 11.1 Å². The van der Waals surface area contributed by atoms with Crippen LogP contribution in [-0.2, 0) is 0 Å².